The lowest BCUT2D eigenvalue weighted by Gasteiger charge is -1.94. The molecule has 0 heterocycles. The molecule has 0 radical (unpaired) electrons. The number of hydrogen-bond acceptors (Lipinski definition) is 3. The molecule has 1 N–H and O–H groups in total. The number of nitrogens with zero attached hydrogens (tertiary/aromatic N) is 1. The number of nitrogens with one attached hydrogen (secondary N) is 1. The molecule has 1 unspecified atom stereocenters. The van der Waals surface area contributed by atoms with Crippen molar-refractivity contribution in [2.75, 3.05) is 7.11 Å². The van der Waals surface area contributed by atoms with Crippen molar-refractivity contribution in [1.82, 2.24) is 4.83 Å². The molecule has 0 aromatic carbocycles. The van der Waals surface area contributed by atoms with Crippen LogP contribution in [0.3, 0.4) is 0 Å². The summed E-state index contributed by atoms with van der Waals surface area (Å²) in [5.74, 6) is 0. The molecule has 0 amide bonds. The summed E-state index contributed by atoms with van der Waals surface area (Å²) in [4.78, 5) is 2.27. The first-order valence-corrected chi connectivity index (χ1v) is 3.47. The van der Waals surface area contributed by atoms with Crippen molar-refractivity contribution in [3.8, 4) is 0 Å². The fourth-order valence-electron chi connectivity index (χ4n) is 0.166. The average Bonchev–Trinajstić information content (AvgIpc) is 1.83. The topological polar surface area (TPSA) is 50.7 Å². The first-order chi connectivity index (χ1) is 4.16. The maximum atomic E-state index is 10.4. The van der Waals surface area contributed by atoms with Crippen molar-refractivity contribution >= 4 is 17.0 Å². The number of hydrogen-bond donors (Lipinski definition) is 1. The van der Waals surface area contributed by atoms with Crippen LogP contribution in [0.5, 0.6) is 0 Å². The molecule has 9 heavy (non-hydrogen) atoms. The van der Waals surface area contributed by atoms with E-state index >= 15 is 0 Å². The Bertz CT molecular complexity index is 131. The van der Waals surface area contributed by atoms with Gasteiger partial charge in [-0.3, -0.25) is 4.18 Å². The van der Waals surface area contributed by atoms with E-state index in [1.807, 2.05) is 0 Å². The zero-order chi connectivity index (χ0) is 7.28. The normalized spacial score (nSPS) is 12.3. The molecule has 1 atom stereocenters. The first kappa shape index (κ1) is 8.58. The smallest absolute Gasteiger partial charge is 0.276 e. The van der Waals surface area contributed by atoms with Crippen molar-refractivity contribution < 1.29 is 8.39 Å². The zero-order valence-corrected chi connectivity index (χ0v) is 6.49. The maximum Gasteiger partial charge on any atom is 0.277 e. The molecule has 0 saturated carbocycles. The van der Waals surface area contributed by atoms with E-state index in [0.717, 1.165) is 5.71 Å². The molecule has 4 nitrogen and oxygen atoms in total. The molecule has 0 rings (SSSR count). The summed E-state index contributed by atoms with van der Waals surface area (Å²) in [6.07, 6.45) is 0. The molecule has 0 aliphatic rings. The standard InChI is InChI=1S/C4H10N2O2S/c1-4(2)5-6-9(7)8-3/h6H,1-3H3. The van der Waals surface area contributed by atoms with Gasteiger partial charge in [-0.1, -0.05) is 0 Å². The lowest BCUT2D eigenvalue weighted by atomic mass is 10.5. The van der Waals surface area contributed by atoms with Crippen LogP contribution < -0.4 is 4.83 Å². The molecule has 54 valence electrons. The minimum atomic E-state index is -1.49. The van der Waals surface area contributed by atoms with Crippen LogP contribution in [0.25, 0.3) is 0 Å². The van der Waals surface area contributed by atoms with E-state index in [-0.39, 0.29) is 0 Å². The number of rotatable bonds is 3. The molecule has 0 aliphatic carbocycles. The van der Waals surface area contributed by atoms with Gasteiger partial charge in [0.15, 0.2) is 0 Å². The van der Waals surface area contributed by atoms with Gasteiger partial charge in [0.2, 0.25) is 0 Å². The van der Waals surface area contributed by atoms with Crippen molar-refractivity contribution in [3.05, 3.63) is 0 Å². The third-order valence-electron chi connectivity index (χ3n) is 0.495. The van der Waals surface area contributed by atoms with Crippen molar-refractivity contribution in [1.29, 1.82) is 0 Å². The third kappa shape index (κ3) is 5.45. The largest absolute Gasteiger partial charge is 0.277 e. The quantitative estimate of drug-likeness (QED) is 0.461. The fourth-order valence-corrected chi connectivity index (χ4v) is 0.497. The monoisotopic (exact) mass is 150 g/mol. The van der Waals surface area contributed by atoms with Crippen LogP contribution in [0.15, 0.2) is 5.10 Å². The highest BCUT2D eigenvalue weighted by Gasteiger charge is 1.88. The summed E-state index contributed by atoms with van der Waals surface area (Å²) in [6.45, 7) is 3.58. The van der Waals surface area contributed by atoms with E-state index in [1.54, 1.807) is 13.8 Å². The summed E-state index contributed by atoms with van der Waals surface area (Å²) in [5.41, 5.74) is 0.806. The highest BCUT2D eigenvalue weighted by molar-refractivity contribution is 7.78. The van der Waals surface area contributed by atoms with Gasteiger partial charge in [-0.2, -0.15) is 5.10 Å². The minimum Gasteiger partial charge on any atom is -0.276 e. The van der Waals surface area contributed by atoms with Gasteiger partial charge in [-0.15, -0.1) is 0 Å². The first-order valence-electron chi connectivity index (χ1n) is 2.39. The van der Waals surface area contributed by atoms with Gasteiger partial charge in [0, 0.05) is 5.71 Å². The summed E-state index contributed by atoms with van der Waals surface area (Å²) in [7, 11) is 1.34. The van der Waals surface area contributed by atoms with Crippen LogP contribution in [0.4, 0.5) is 0 Å². The predicted molar refractivity (Wildman–Crippen MR) is 37.1 cm³/mol. The number of hydrazone groups is 1. The van der Waals surface area contributed by atoms with Crippen molar-refractivity contribution in [2.45, 2.75) is 13.8 Å². The maximum absolute atomic E-state index is 10.4. The average molecular weight is 150 g/mol. The van der Waals surface area contributed by atoms with Crippen molar-refractivity contribution in [2.24, 2.45) is 5.10 Å². The van der Waals surface area contributed by atoms with Gasteiger partial charge in [-0.05, 0) is 13.8 Å². The molecular formula is C4H10N2O2S. The van der Waals surface area contributed by atoms with Gasteiger partial charge >= 0.3 is 0 Å². The van der Waals surface area contributed by atoms with E-state index < -0.39 is 11.3 Å². The van der Waals surface area contributed by atoms with E-state index in [0.29, 0.717) is 0 Å². The summed E-state index contributed by atoms with van der Waals surface area (Å²) in [5, 5.41) is 3.64. The van der Waals surface area contributed by atoms with E-state index in [9.17, 15) is 4.21 Å². The Hall–Kier alpha value is -0.420. The van der Waals surface area contributed by atoms with Gasteiger partial charge in [-0.25, -0.2) is 9.04 Å². The lowest BCUT2D eigenvalue weighted by Crippen LogP contribution is -2.12. The highest BCUT2D eigenvalue weighted by Crippen LogP contribution is 1.75. The Labute approximate surface area is 57.1 Å². The molecule has 0 bridgehead atoms. The van der Waals surface area contributed by atoms with Crippen LogP contribution in [0.1, 0.15) is 13.8 Å². The molecule has 0 saturated heterocycles. The van der Waals surface area contributed by atoms with Crippen LogP contribution >= 0.6 is 0 Å². The molecule has 0 aliphatic heterocycles. The zero-order valence-electron chi connectivity index (χ0n) is 5.67. The third-order valence-corrected chi connectivity index (χ3v) is 1.04. The molecule has 0 aromatic rings. The van der Waals surface area contributed by atoms with Gasteiger partial charge in [0.1, 0.15) is 0 Å². The second-order valence-electron chi connectivity index (χ2n) is 1.55. The molecule has 5 heteroatoms. The van der Waals surface area contributed by atoms with Crippen LogP contribution in [-0.2, 0) is 15.4 Å². The predicted octanol–water partition coefficient (Wildman–Crippen LogP) is 0.197. The van der Waals surface area contributed by atoms with Gasteiger partial charge in [0.25, 0.3) is 11.3 Å². The van der Waals surface area contributed by atoms with E-state index in [1.165, 1.54) is 7.11 Å². The Morgan fingerprint density at radius 2 is 2.22 bits per heavy atom. The Balaban J connectivity index is 3.50. The molecular weight excluding hydrogens is 140 g/mol. The summed E-state index contributed by atoms with van der Waals surface area (Å²) >= 11 is -1.49. The van der Waals surface area contributed by atoms with Crippen LogP contribution in [0.2, 0.25) is 0 Å². The van der Waals surface area contributed by atoms with Gasteiger partial charge in [0.05, 0.1) is 7.11 Å². The Morgan fingerprint density at radius 1 is 1.67 bits per heavy atom. The molecule has 0 aromatic heterocycles. The second kappa shape index (κ2) is 4.46. The summed E-state index contributed by atoms with van der Waals surface area (Å²) < 4.78 is 14.7. The lowest BCUT2D eigenvalue weighted by molar-refractivity contribution is 0.438. The second-order valence-corrected chi connectivity index (χ2v) is 2.54. The van der Waals surface area contributed by atoms with Crippen molar-refractivity contribution in [3.63, 3.8) is 0 Å². The minimum absolute atomic E-state index is 0.806. The Kier molecular flexibility index (Phi) is 4.25. The van der Waals surface area contributed by atoms with Gasteiger partial charge < -0.3 is 0 Å². The fraction of sp³-hybridized carbons (Fsp3) is 0.750. The van der Waals surface area contributed by atoms with Crippen LogP contribution in [0, 0.1) is 0 Å². The Morgan fingerprint density at radius 3 is 2.56 bits per heavy atom. The molecule has 0 spiro atoms. The van der Waals surface area contributed by atoms with E-state index in [4.69, 9.17) is 0 Å². The SMILES string of the molecule is COS(=O)NN=C(C)C. The van der Waals surface area contributed by atoms with Crippen LogP contribution in [-0.4, -0.2) is 17.0 Å². The molecule has 0 fully saturated rings. The highest BCUT2D eigenvalue weighted by atomic mass is 32.2. The summed E-state index contributed by atoms with van der Waals surface area (Å²) in [6, 6.07) is 0. The van der Waals surface area contributed by atoms with E-state index in [2.05, 4.69) is 14.1 Å².